The van der Waals surface area contributed by atoms with Crippen LogP contribution in [-0.4, -0.2) is 11.8 Å². The Morgan fingerprint density at radius 3 is 2.70 bits per heavy atom. The lowest BCUT2D eigenvalue weighted by atomic mass is 9.89. The van der Waals surface area contributed by atoms with Crippen LogP contribution in [0.4, 0.5) is 0 Å². The van der Waals surface area contributed by atoms with E-state index in [-0.39, 0.29) is 12.2 Å². The van der Waals surface area contributed by atoms with Crippen molar-refractivity contribution in [3.05, 3.63) is 0 Å². The minimum Gasteiger partial charge on any atom is -0.550 e. The maximum atomic E-state index is 10.7. The second-order valence-electron chi connectivity index (χ2n) is 2.65. The third kappa shape index (κ3) is 1.56. The molecule has 1 aliphatic rings. The average Bonchev–Trinajstić information content (AvgIpc) is 1.88. The molecular formula is C7H9O3-. The average molecular weight is 141 g/mol. The van der Waals surface area contributed by atoms with Crippen LogP contribution in [0.1, 0.15) is 25.7 Å². The lowest BCUT2D eigenvalue weighted by Gasteiger charge is -2.20. The standard InChI is InChI=1S/C7H10O3/c8-6-3-1-2-5(4-6)7(9)10/h5H,1-4H2,(H,9,10)/p-1. The molecule has 1 saturated carbocycles. The summed E-state index contributed by atoms with van der Waals surface area (Å²) in [5.41, 5.74) is 0. The van der Waals surface area contributed by atoms with Crippen molar-refractivity contribution in [2.45, 2.75) is 25.7 Å². The summed E-state index contributed by atoms with van der Waals surface area (Å²) in [6.45, 7) is 0. The van der Waals surface area contributed by atoms with E-state index in [0.29, 0.717) is 19.3 Å². The molecule has 0 aromatic rings. The number of ketones is 1. The summed E-state index contributed by atoms with van der Waals surface area (Å²) in [6.07, 6.45) is 2.04. The smallest absolute Gasteiger partial charge is 0.133 e. The van der Waals surface area contributed by atoms with Gasteiger partial charge in [-0.05, 0) is 12.8 Å². The fourth-order valence-corrected chi connectivity index (χ4v) is 1.23. The van der Waals surface area contributed by atoms with E-state index in [1.807, 2.05) is 0 Å². The van der Waals surface area contributed by atoms with Crippen molar-refractivity contribution in [3.63, 3.8) is 0 Å². The van der Waals surface area contributed by atoms with Crippen LogP contribution in [0.2, 0.25) is 0 Å². The molecule has 0 N–H and O–H groups in total. The van der Waals surface area contributed by atoms with Crippen LogP contribution in [0.3, 0.4) is 0 Å². The summed E-state index contributed by atoms with van der Waals surface area (Å²) in [4.78, 5) is 20.9. The van der Waals surface area contributed by atoms with Crippen molar-refractivity contribution in [3.8, 4) is 0 Å². The Morgan fingerprint density at radius 2 is 2.30 bits per heavy atom. The fraction of sp³-hybridized carbons (Fsp3) is 0.714. The van der Waals surface area contributed by atoms with Gasteiger partial charge in [-0.1, -0.05) is 0 Å². The van der Waals surface area contributed by atoms with Gasteiger partial charge in [0.2, 0.25) is 0 Å². The van der Waals surface area contributed by atoms with E-state index in [2.05, 4.69) is 0 Å². The van der Waals surface area contributed by atoms with E-state index in [1.54, 1.807) is 0 Å². The van der Waals surface area contributed by atoms with Crippen molar-refractivity contribution in [2.75, 3.05) is 0 Å². The minimum absolute atomic E-state index is 0.0560. The molecule has 1 unspecified atom stereocenters. The first-order valence-electron chi connectivity index (χ1n) is 3.42. The predicted molar refractivity (Wildman–Crippen MR) is 32.0 cm³/mol. The highest BCUT2D eigenvalue weighted by Crippen LogP contribution is 2.19. The monoisotopic (exact) mass is 141 g/mol. The number of carboxylic acid groups (broad SMARTS) is 1. The van der Waals surface area contributed by atoms with Gasteiger partial charge in [0.25, 0.3) is 0 Å². The number of Topliss-reactive ketones (excluding diaryl/α,β-unsaturated/α-hetero) is 1. The molecule has 0 aliphatic heterocycles. The zero-order valence-corrected chi connectivity index (χ0v) is 5.63. The topological polar surface area (TPSA) is 57.2 Å². The van der Waals surface area contributed by atoms with E-state index in [0.717, 1.165) is 0 Å². The predicted octanol–water partition coefficient (Wildman–Crippen LogP) is -0.504. The number of carbonyl (C=O) groups excluding carboxylic acids is 2. The highest BCUT2D eigenvalue weighted by atomic mass is 16.4. The molecule has 10 heavy (non-hydrogen) atoms. The molecular weight excluding hydrogens is 132 g/mol. The highest BCUT2D eigenvalue weighted by molar-refractivity contribution is 5.84. The first kappa shape index (κ1) is 7.25. The molecule has 1 aliphatic carbocycles. The summed E-state index contributed by atoms with van der Waals surface area (Å²) in [5.74, 6) is -1.53. The molecule has 1 fully saturated rings. The van der Waals surface area contributed by atoms with Gasteiger partial charge in [-0.2, -0.15) is 0 Å². The van der Waals surface area contributed by atoms with Gasteiger partial charge in [-0.25, -0.2) is 0 Å². The van der Waals surface area contributed by atoms with E-state index in [4.69, 9.17) is 0 Å². The molecule has 3 nitrogen and oxygen atoms in total. The highest BCUT2D eigenvalue weighted by Gasteiger charge is 2.19. The number of hydrogen-bond acceptors (Lipinski definition) is 3. The lowest BCUT2D eigenvalue weighted by Crippen LogP contribution is -2.34. The normalized spacial score (nSPS) is 26.4. The Labute approximate surface area is 59.0 Å². The van der Waals surface area contributed by atoms with Gasteiger partial charge >= 0.3 is 0 Å². The Morgan fingerprint density at radius 1 is 1.60 bits per heavy atom. The molecule has 0 bridgehead atoms. The van der Waals surface area contributed by atoms with E-state index in [9.17, 15) is 14.7 Å². The number of carbonyl (C=O) groups is 2. The molecule has 0 spiro atoms. The first-order valence-corrected chi connectivity index (χ1v) is 3.42. The van der Waals surface area contributed by atoms with E-state index >= 15 is 0 Å². The Balaban J connectivity index is 2.47. The van der Waals surface area contributed by atoms with Crippen LogP contribution in [-0.2, 0) is 9.59 Å². The van der Waals surface area contributed by atoms with Gasteiger partial charge in [-0.3, -0.25) is 4.79 Å². The van der Waals surface area contributed by atoms with Gasteiger partial charge in [-0.15, -0.1) is 0 Å². The van der Waals surface area contributed by atoms with Gasteiger partial charge in [0.05, 0.1) is 0 Å². The largest absolute Gasteiger partial charge is 0.550 e. The first-order chi connectivity index (χ1) is 4.70. The molecule has 56 valence electrons. The molecule has 1 rings (SSSR count). The van der Waals surface area contributed by atoms with Crippen LogP contribution < -0.4 is 5.11 Å². The van der Waals surface area contributed by atoms with Gasteiger partial charge in [0.15, 0.2) is 0 Å². The summed E-state index contributed by atoms with van der Waals surface area (Å²) < 4.78 is 0. The Bertz CT molecular complexity index is 160. The summed E-state index contributed by atoms with van der Waals surface area (Å²) in [7, 11) is 0. The van der Waals surface area contributed by atoms with Crippen molar-refractivity contribution < 1.29 is 14.7 Å². The number of hydrogen-bond donors (Lipinski definition) is 0. The summed E-state index contributed by atoms with van der Waals surface area (Å²) in [6, 6.07) is 0. The maximum absolute atomic E-state index is 10.7. The quantitative estimate of drug-likeness (QED) is 0.494. The molecule has 0 amide bonds. The van der Waals surface area contributed by atoms with Crippen molar-refractivity contribution in [1.82, 2.24) is 0 Å². The van der Waals surface area contributed by atoms with Crippen molar-refractivity contribution in [1.29, 1.82) is 0 Å². The molecule has 1 atom stereocenters. The second-order valence-corrected chi connectivity index (χ2v) is 2.65. The Hall–Kier alpha value is -0.860. The van der Waals surface area contributed by atoms with Crippen LogP contribution in [0.15, 0.2) is 0 Å². The Kier molecular flexibility index (Phi) is 2.04. The van der Waals surface area contributed by atoms with Gasteiger partial charge in [0.1, 0.15) is 5.78 Å². The zero-order valence-electron chi connectivity index (χ0n) is 5.63. The van der Waals surface area contributed by atoms with Crippen LogP contribution in [0.25, 0.3) is 0 Å². The summed E-state index contributed by atoms with van der Waals surface area (Å²) in [5, 5.41) is 10.2. The van der Waals surface area contributed by atoms with Crippen molar-refractivity contribution >= 4 is 11.8 Å². The molecule has 0 radical (unpaired) electrons. The fourth-order valence-electron chi connectivity index (χ4n) is 1.23. The third-order valence-electron chi connectivity index (χ3n) is 1.82. The van der Waals surface area contributed by atoms with Gasteiger partial charge in [0, 0.05) is 24.7 Å². The minimum atomic E-state index is -1.08. The molecule has 0 heterocycles. The summed E-state index contributed by atoms with van der Waals surface area (Å²) >= 11 is 0. The molecule has 3 heteroatoms. The van der Waals surface area contributed by atoms with Crippen molar-refractivity contribution in [2.24, 2.45) is 5.92 Å². The van der Waals surface area contributed by atoms with Crippen LogP contribution in [0.5, 0.6) is 0 Å². The second kappa shape index (κ2) is 2.82. The number of carboxylic acids is 1. The van der Waals surface area contributed by atoms with Crippen LogP contribution in [0, 0.1) is 5.92 Å². The maximum Gasteiger partial charge on any atom is 0.133 e. The van der Waals surface area contributed by atoms with E-state index in [1.165, 1.54) is 0 Å². The number of rotatable bonds is 1. The van der Waals surface area contributed by atoms with Gasteiger partial charge < -0.3 is 9.90 Å². The SMILES string of the molecule is O=C1CCCC(C(=O)[O-])C1. The zero-order chi connectivity index (χ0) is 7.56. The van der Waals surface area contributed by atoms with E-state index < -0.39 is 11.9 Å². The number of aliphatic carboxylic acids is 1. The van der Waals surface area contributed by atoms with Crippen LogP contribution >= 0.6 is 0 Å². The molecule has 0 saturated heterocycles. The molecule has 0 aromatic heterocycles. The third-order valence-corrected chi connectivity index (χ3v) is 1.82. The molecule has 0 aromatic carbocycles. The lowest BCUT2D eigenvalue weighted by molar-refractivity contribution is -0.312.